The van der Waals surface area contributed by atoms with Crippen LogP contribution in [0.1, 0.15) is 37.2 Å². The van der Waals surface area contributed by atoms with Crippen LogP contribution < -0.4 is 10.6 Å². The normalized spacial score (nSPS) is 28.7. The molecule has 8 heteroatoms. The summed E-state index contributed by atoms with van der Waals surface area (Å²) in [5.41, 5.74) is 1.10. The van der Waals surface area contributed by atoms with E-state index < -0.39 is 0 Å². The summed E-state index contributed by atoms with van der Waals surface area (Å²) in [6.07, 6.45) is 7.66. The number of carbonyl (C=O) groups is 2. The van der Waals surface area contributed by atoms with Crippen LogP contribution in [-0.2, 0) is 16.6 Å². The first kappa shape index (κ1) is 18.2. The Morgan fingerprint density at radius 3 is 2.76 bits per heavy atom. The van der Waals surface area contributed by atoms with Crippen LogP contribution in [0.2, 0.25) is 0 Å². The van der Waals surface area contributed by atoms with Gasteiger partial charge in [0.1, 0.15) is 6.04 Å². The molecule has 1 aliphatic carbocycles. The fraction of sp³-hybridized carbons (Fsp3) is 0.706. The van der Waals surface area contributed by atoms with Gasteiger partial charge in [-0.05, 0) is 31.2 Å². The molecule has 3 aliphatic rings. The smallest absolute Gasteiger partial charge is 0.243 e. The molecule has 138 valence electrons. The number of amides is 2. The zero-order chi connectivity index (χ0) is 16.7. The van der Waals surface area contributed by atoms with E-state index >= 15 is 0 Å². The van der Waals surface area contributed by atoms with Gasteiger partial charge < -0.3 is 15.5 Å². The van der Waals surface area contributed by atoms with Crippen molar-refractivity contribution in [1.82, 2.24) is 25.3 Å². The summed E-state index contributed by atoms with van der Waals surface area (Å²) in [4.78, 5) is 27.4. The quantitative estimate of drug-likeness (QED) is 0.808. The Hall–Kier alpha value is -1.60. The molecule has 1 saturated carbocycles. The van der Waals surface area contributed by atoms with E-state index in [2.05, 4.69) is 15.7 Å². The Morgan fingerprint density at radius 1 is 1.28 bits per heavy atom. The summed E-state index contributed by atoms with van der Waals surface area (Å²) < 4.78 is 1.77. The van der Waals surface area contributed by atoms with E-state index in [1.807, 2.05) is 24.3 Å². The van der Waals surface area contributed by atoms with E-state index in [9.17, 15) is 9.59 Å². The number of nitrogens with one attached hydrogen (secondary N) is 2. The summed E-state index contributed by atoms with van der Waals surface area (Å²) in [6.45, 7) is 2.15. The second kappa shape index (κ2) is 7.33. The Labute approximate surface area is 153 Å². The maximum Gasteiger partial charge on any atom is 0.243 e. The van der Waals surface area contributed by atoms with Crippen molar-refractivity contribution >= 4 is 24.2 Å². The van der Waals surface area contributed by atoms with Gasteiger partial charge in [-0.3, -0.25) is 14.3 Å². The largest absolute Gasteiger partial charge is 0.352 e. The molecule has 0 radical (unpaired) electrons. The molecule has 0 bridgehead atoms. The maximum absolute atomic E-state index is 13.1. The standard InChI is InChI=1S/C17H25N5O2.ClH/c1-21-10-11(7-19-21)13-8-18-9-14(13)17(24)22-6-2-3-15(22)16(23)20-12-4-5-12;/h7,10,12-15,18H,2-6,8-9H2,1H3,(H,20,23);1H/t13-,14+,15?;/m1./s1. The predicted octanol–water partition coefficient (Wildman–Crippen LogP) is 0.415. The van der Waals surface area contributed by atoms with Crippen molar-refractivity contribution in [3.63, 3.8) is 0 Å². The van der Waals surface area contributed by atoms with Gasteiger partial charge in [0.25, 0.3) is 0 Å². The van der Waals surface area contributed by atoms with Gasteiger partial charge in [0, 0.05) is 44.8 Å². The minimum absolute atomic E-state index is 0. The molecule has 2 saturated heterocycles. The number of hydrogen-bond donors (Lipinski definition) is 2. The summed E-state index contributed by atoms with van der Waals surface area (Å²) in [7, 11) is 1.89. The lowest BCUT2D eigenvalue weighted by molar-refractivity contribution is -0.141. The molecule has 2 N–H and O–H groups in total. The number of aromatic nitrogens is 2. The van der Waals surface area contributed by atoms with Crippen molar-refractivity contribution in [1.29, 1.82) is 0 Å². The zero-order valence-corrected chi connectivity index (χ0v) is 15.3. The van der Waals surface area contributed by atoms with E-state index in [1.165, 1.54) is 0 Å². The van der Waals surface area contributed by atoms with Crippen molar-refractivity contribution < 1.29 is 9.59 Å². The fourth-order valence-corrected chi connectivity index (χ4v) is 3.96. The monoisotopic (exact) mass is 367 g/mol. The van der Waals surface area contributed by atoms with E-state index in [0.717, 1.165) is 37.8 Å². The Kier molecular flexibility index (Phi) is 5.34. The zero-order valence-electron chi connectivity index (χ0n) is 14.5. The number of hydrogen-bond acceptors (Lipinski definition) is 4. The molecule has 3 atom stereocenters. The van der Waals surface area contributed by atoms with Gasteiger partial charge in [-0.25, -0.2) is 0 Å². The molecule has 2 amide bonds. The van der Waals surface area contributed by atoms with E-state index in [4.69, 9.17) is 0 Å². The Morgan fingerprint density at radius 2 is 2.08 bits per heavy atom. The summed E-state index contributed by atoms with van der Waals surface area (Å²) in [5.74, 6) is 0.178. The second-order valence-corrected chi connectivity index (χ2v) is 7.29. The fourth-order valence-electron chi connectivity index (χ4n) is 3.96. The third-order valence-corrected chi connectivity index (χ3v) is 5.45. The Balaban J connectivity index is 0.00000182. The van der Waals surface area contributed by atoms with Crippen LogP contribution in [-0.4, -0.2) is 58.2 Å². The number of carbonyl (C=O) groups excluding carboxylic acids is 2. The van der Waals surface area contributed by atoms with Gasteiger partial charge in [-0.2, -0.15) is 5.10 Å². The molecule has 1 aromatic rings. The third-order valence-electron chi connectivity index (χ3n) is 5.45. The number of halogens is 1. The highest BCUT2D eigenvalue weighted by atomic mass is 35.5. The number of rotatable bonds is 4. The molecule has 25 heavy (non-hydrogen) atoms. The van der Waals surface area contributed by atoms with E-state index in [1.54, 1.807) is 4.68 Å². The third kappa shape index (κ3) is 3.67. The average Bonchev–Trinajstić information content (AvgIpc) is 3.02. The molecule has 3 fully saturated rings. The topological polar surface area (TPSA) is 79.3 Å². The van der Waals surface area contributed by atoms with E-state index in [-0.39, 0.29) is 42.1 Å². The first-order valence-corrected chi connectivity index (χ1v) is 8.93. The molecule has 7 nitrogen and oxygen atoms in total. The van der Waals surface area contributed by atoms with Crippen molar-refractivity contribution in [2.75, 3.05) is 19.6 Å². The van der Waals surface area contributed by atoms with Crippen LogP contribution in [0.5, 0.6) is 0 Å². The van der Waals surface area contributed by atoms with Crippen LogP contribution in [0.3, 0.4) is 0 Å². The highest BCUT2D eigenvalue weighted by Gasteiger charge is 2.42. The molecule has 1 unspecified atom stereocenters. The number of aryl methyl sites for hydroxylation is 1. The highest BCUT2D eigenvalue weighted by Crippen LogP contribution is 2.32. The van der Waals surface area contributed by atoms with Gasteiger partial charge in [-0.15, -0.1) is 12.4 Å². The van der Waals surface area contributed by atoms with Gasteiger partial charge in [0.2, 0.25) is 11.8 Å². The summed E-state index contributed by atoms with van der Waals surface area (Å²) in [5, 5.41) is 10.6. The van der Waals surface area contributed by atoms with Gasteiger partial charge in [0.05, 0.1) is 12.1 Å². The van der Waals surface area contributed by atoms with Crippen LogP contribution in [0.25, 0.3) is 0 Å². The molecule has 4 rings (SSSR count). The lowest BCUT2D eigenvalue weighted by Gasteiger charge is -2.28. The first-order valence-electron chi connectivity index (χ1n) is 8.93. The first-order chi connectivity index (χ1) is 11.6. The van der Waals surface area contributed by atoms with E-state index in [0.29, 0.717) is 19.1 Å². The molecular weight excluding hydrogens is 342 g/mol. The molecular formula is C17H26ClN5O2. The number of nitrogens with zero attached hydrogens (tertiary/aromatic N) is 3. The molecule has 1 aromatic heterocycles. The minimum Gasteiger partial charge on any atom is -0.352 e. The molecule has 2 aliphatic heterocycles. The van der Waals surface area contributed by atoms with Gasteiger partial charge in [0.15, 0.2) is 0 Å². The van der Waals surface area contributed by atoms with Crippen molar-refractivity contribution in [2.24, 2.45) is 13.0 Å². The van der Waals surface area contributed by atoms with Crippen LogP contribution in [0.4, 0.5) is 0 Å². The SMILES string of the molecule is Cl.Cn1cc([C@H]2CNC[C@@H]2C(=O)N2CCCC2C(=O)NC2CC2)cn1. The van der Waals surface area contributed by atoms with Crippen molar-refractivity contribution in [2.45, 2.75) is 43.7 Å². The van der Waals surface area contributed by atoms with Crippen LogP contribution in [0, 0.1) is 5.92 Å². The molecule has 0 spiro atoms. The predicted molar refractivity (Wildman–Crippen MR) is 95.5 cm³/mol. The van der Waals surface area contributed by atoms with Crippen LogP contribution >= 0.6 is 12.4 Å². The Bertz CT molecular complexity index is 645. The van der Waals surface area contributed by atoms with Crippen molar-refractivity contribution in [3.8, 4) is 0 Å². The van der Waals surface area contributed by atoms with Crippen LogP contribution in [0.15, 0.2) is 12.4 Å². The molecule has 0 aromatic carbocycles. The summed E-state index contributed by atoms with van der Waals surface area (Å²) >= 11 is 0. The lowest BCUT2D eigenvalue weighted by Crippen LogP contribution is -2.49. The lowest BCUT2D eigenvalue weighted by atomic mass is 9.89. The van der Waals surface area contributed by atoms with Crippen molar-refractivity contribution in [3.05, 3.63) is 18.0 Å². The van der Waals surface area contributed by atoms with Gasteiger partial charge >= 0.3 is 0 Å². The molecule has 3 heterocycles. The number of likely N-dealkylation sites (tertiary alicyclic amines) is 1. The maximum atomic E-state index is 13.1. The highest BCUT2D eigenvalue weighted by molar-refractivity contribution is 5.90. The second-order valence-electron chi connectivity index (χ2n) is 7.29. The van der Waals surface area contributed by atoms with Gasteiger partial charge in [-0.1, -0.05) is 0 Å². The average molecular weight is 368 g/mol. The summed E-state index contributed by atoms with van der Waals surface area (Å²) in [6, 6.07) is 0.0552. The minimum atomic E-state index is -0.284.